The van der Waals surface area contributed by atoms with Crippen molar-refractivity contribution in [1.29, 1.82) is 0 Å². The fourth-order valence-electron chi connectivity index (χ4n) is 9.33. The van der Waals surface area contributed by atoms with Crippen molar-refractivity contribution >= 4 is 17.7 Å². The number of aliphatic hydroxyl groups is 1. The van der Waals surface area contributed by atoms with Gasteiger partial charge in [-0.1, -0.05) is 6.92 Å². The molecule has 2 bridgehead atoms. The fourth-order valence-corrected chi connectivity index (χ4v) is 9.33. The standard InChI is InChI=1S/C26H38O8/c1-15(27)32-14-19(29)18-5-6-20-23(18,3)9-8-21-25-10-7-17(33-16(2)28)13-24(25,30)11-12-26(20,21)34-22(25)31-4/h17-18,20-22,30H,5-14H2,1-4H3/t17-,18+,20+,21+,22+,23+,24-,25+,26+/m0/s1. The van der Waals surface area contributed by atoms with Crippen molar-refractivity contribution in [3.63, 3.8) is 0 Å². The van der Waals surface area contributed by atoms with Crippen molar-refractivity contribution < 1.29 is 38.4 Å². The minimum atomic E-state index is -1.02. The molecule has 0 aromatic carbocycles. The maximum Gasteiger partial charge on any atom is 0.303 e. The van der Waals surface area contributed by atoms with Gasteiger partial charge in [0.1, 0.15) is 12.7 Å². The number of ether oxygens (including phenoxy) is 4. The Balaban J connectivity index is 1.46. The number of Topliss-reactive ketones (excluding diaryl/α,β-unsaturated/α-hetero) is 1. The van der Waals surface area contributed by atoms with Gasteiger partial charge in [0.15, 0.2) is 12.1 Å². The third-order valence-corrected chi connectivity index (χ3v) is 10.5. The van der Waals surface area contributed by atoms with Gasteiger partial charge in [0.05, 0.1) is 16.6 Å². The molecule has 190 valence electrons. The molecule has 1 aliphatic heterocycles. The van der Waals surface area contributed by atoms with Gasteiger partial charge in [0.25, 0.3) is 0 Å². The summed E-state index contributed by atoms with van der Waals surface area (Å²) in [7, 11) is 1.65. The quantitative estimate of drug-likeness (QED) is 0.601. The minimum Gasteiger partial charge on any atom is -0.462 e. The molecule has 0 amide bonds. The predicted molar refractivity (Wildman–Crippen MR) is 119 cm³/mol. The van der Waals surface area contributed by atoms with Gasteiger partial charge < -0.3 is 24.1 Å². The van der Waals surface area contributed by atoms with Crippen LogP contribution in [0.15, 0.2) is 0 Å². The van der Waals surface area contributed by atoms with Crippen LogP contribution in [-0.2, 0) is 33.3 Å². The smallest absolute Gasteiger partial charge is 0.303 e. The van der Waals surface area contributed by atoms with Gasteiger partial charge in [-0.2, -0.15) is 0 Å². The minimum absolute atomic E-state index is 0.000237. The molecule has 1 saturated heterocycles. The summed E-state index contributed by atoms with van der Waals surface area (Å²) in [5.74, 6) is -0.603. The van der Waals surface area contributed by atoms with Gasteiger partial charge in [-0.25, -0.2) is 0 Å². The van der Waals surface area contributed by atoms with E-state index in [4.69, 9.17) is 18.9 Å². The van der Waals surface area contributed by atoms with E-state index in [0.29, 0.717) is 32.1 Å². The lowest BCUT2D eigenvalue weighted by Gasteiger charge is -2.63. The Kier molecular flexibility index (Phi) is 5.69. The average molecular weight is 479 g/mol. The zero-order chi connectivity index (χ0) is 24.5. The summed E-state index contributed by atoms with van der Waals surface area (Å²) >= 11 is 0. The summed E-state index contributed by atoms with van der Waals surface area (Å²) in [4.78, 5) is 35.9. The van der Waals surface area contributed by atoms with Crippen LogP contribution in [0.4, 0.5) is 0 Å². The molecule has 8 heteroatoms. The van der Waals surface area contributed by atoms with E-state index in [1.165, 1.54) is 13.8 Å². The highest BCUT2D eigenvalue weighted by atomic mass is 16.7. The van der Waals surface area contributed by atoms with E-state index < -0.39 is 28.9 Å². The fraction of sp³-hybridized carbons (Fsp3) is 0.885. The van der Waals surface area contributed by atoms with Gasteiger partial charge in [0.2, 0.25) is 0 Å². The molecule has 4 saturated carbocycles. The summed E-state index contributed by atoms with van der Waals surface area (Å²) in [5.41, 5.74) is -2.24. The molecule has 34 heavy (non-hydrogen) atoms. The summed E-state index contributed by atoms with van der Waals surface area (Å²) < 4.78 is 23.4. The SMILES string of the molecule is CO[C@@H]1O[C@@]23CC[C@]4(O)C[C@@H](OC(C)=O)CC[C@@]14[C@H]2CC[C@]1(C)[C@@H](C(=O)COC(C)=O)CC[C@H]13. The van der Waals surface area contributed by atoms with Gasteiger partial charge >= 0.3 is 11.9 Å². The van der Waals surface area contributed by atoms with Crippen molar-refractivity contribution in [1.82, 2.24) is 0 Å². The van der Waals surface area contributed by atoms with E-state index in [9.17, 15) is 19.5 Å². The van der Waals surface area contributed by atoms with E-state index in [2.05, 4.69) is 6.92 Å². The molecule has 0 aromatic heterocycles. The summed E-state index contributed by atoms with van der Waals surface area (Å²) in [5, 5.41) is 12.1. The largest absolute Gasteiger partial charge is 0.462 e. The topological polar surface area (TPSA) is 108 Å². The number of methoxy groups -OCH3 is 1. The molecule has 1 heterocycles. The molecular formula is C26H38O8. The van der Waals surface area contributed by atoms with E-state index in [1.807, 2.05) is 0 Å². The lowest BCUT2D eigenvalue weighted by molar-refractivity contribution is -0.241. The number of esters is 2. The number of hydrogen-bond donors (Lipinski definition) is 1. The Morgan fingerprint density at radius 2 is 1.74 bits per heavy atom. The third kappa shape index (κ3) is 3.10. The Labute approximate surface area is 201 Å². The molecule has 1 spiro atoms. The number of rotatable bonds is 5. The number of ketones is 1. The van der Waals surface area contributed by atoms with Crippen LogP contribution < -0.4 is 0 Å². The first-order chi connectivity index (χ1) is 16.0. The Morgan fingerprint density at radius 3 is 2.41 bits per heavy atom. The highest BCUT2D eigenvalue weighted by molar-refractivity contribution is 5.85. The van der Waals surface area contributed by atoms with Crippen molar-refractivity contribution in [2.24, 2.45) is 28.6 Å². The van der Waals surface area contributed by atoms with Crippen molar-refractivity contribution in [3.05, 3.63) is 0 Å². The first-order valence-corrected chi connectivity index (χ1v) is 12.8. The lowest BCUT2D eigenvalue weighted by atomic mass is 9.42. The van der Waals surface area contributed by atoms with Crippen LogP contribution in [0.1, 0.15) is 78.6 Å². The van der Waals surface area contributed by atoms with Crippen molar-refractivity contribution in [2.45, 2.75) is 102 Å². The van der Waals surface area contributed by atoms with Crippen LogP contribution in [0.5, 0.6) is 0 Å². The van der Waals surface area contributed by atoms with E-state index in [1.54, 1.807) is 7.11 Å². The van der Waals surface area contributed by atoms with Crippen LogP contribution >= 0.6 is 0 Å². The molecule has 9 atom stereocenters. The predicted octanol–water partition coefficient (Wildman–Crippen LogP) is 2.93. The number of fused-ring (bicyclic) bond motifs is 1. The Morgan fingerprint density at radius 1 is 0.971 bits per heavy atom. The van der Waals surface area contributed by atoms with Gasteiger partial charge in [-0.3, -0.25) is 14.4 Å². The van der Waals surface area contributed by atoms with E-state index in [-0.39, 0.29) is 47.6 Å². The van der Waals surface area contributed by atoms with Crippen LogP contribution in [0.25, 0.3) is 0 Å². The second-order valence-electron chi connectivity index (χ2n) is 11.7. The summed E-state index contributed by atoms with van der Waals surface area (Å²) in [6.07, 6.45) is 5.60. The molecule has 5 rings (SSSR count). The molecule has 0 unspecified atom stereocenters. The normalized spacial score (nSPS) is 48.9. The average Bonchev–Trinajstić information content (AvgIpc) is 3.23. The van der Waals surface area contributed by atoms with Crippen LogP contribution in [0, 0.1) is 28.6 Å². The molecule has 1 N–H and O–H groups in total. The van der Waals surface area contributed by atoms with Gasteiger partial charge in [0, 0.05) is 39.2 Å². The van der Waals surface area contributed by atoms with Crippen molar-refractivity contribution in [3.8, 4) is 0 Å². The monoisotopic (exact) mass is 478 g/mol. The molecule has 0 radical (unpaired) electrons. The third-order valence-electron chi connectivity index (χ3n) is 10.5. The van der Waals surface area contributed by atoms with Gasteiger partial charge in [-0.05, 0) is 62.7 Å². The Hall–Kier alpha value is -1.51. The highest BCUT2D eigenvalue weighted by Gasteiger charge is 2.79. The summed E-state index contributed by atoms with van der Waals surface area (Å²) in [6.45, 7) is 4.78. The number of hydrogen-bond acceptors (Lipinski definition) is 8. The second kappa shape index (κ2) is 8.00. The zero-order valence-electron chi connectivity index (χ0n) is 20.8. The maximum atomic E-state index is 13.1. The van der Waals surface area contributed by atoms with Crippen LogP contribution in [0.2, 0.25) is 0 Å². The highest BCUT2D eigenvalue weighted by Crippen LogP contribution is 2.75. The molecule has 0 aromatic rings. The second-order valence-corrected chi connectivity index (χ2v) is 11.7. The van der Waals surface area contributed by atoms with E-state index >= 15 is 0 Å². The number of carbonyl (C=O) groups is 3. The van der Waals surface area contributed by atoms with Gasteiger partial charge in [-0.15, -0.1) is 0 Å². The first-order valence-electron chi connectivity index (χ1n) is 12.8. The van der Waals surface area contributed by atoms with Crippen LogP contribution in [0.3, 0.4) is 0 Å². The van der Waals surface area contributed by atoms with Crippen molar-refractivity contribution in [2.75, 3.05) is 13.7 Å². The number of carbonyl (C=O) groups excluding carboxylic acids is 3. The molecule has 8 nitrogen and oxygen atoms in total. The van der Waals surface area contributed by atoms with E-state index in [0.717, 1.165) is 25.7 Å². The lowest BCUT2D eigenvalue weighted by Crippen LogP contribution is -2.67. The first kappa shape index (κ1) is 24.2. The summed E-state index contributed by atoms with van der Waals surface area (Å²) in [6, 6.07) is 0. The molecule has 5 fully saturated rings. The molecular weight excluding hydrogens is 440 g/mol. The molecule has 4 aliphatic carbocycles. The van der Waals surface area contributed by atoms with Crippen LogP contribution in [-0.4, -0.2) is 60.1 Å². The Bertz CT molecular complexity index is 888. The maximum absolute atomic E-state index is 13.1. The molecule has 5 aliphatic rings. The zero-order valence-corrected chi connectivity index (χ0v) is 20.8.